The first kappa shape index (κ1) is 23.8. The number of nitrogens with zero attached hydrogens (tertiary/aromatic N) is 6. The molecule has 7 rings (SSSR count). The van der Waals surface area contributed by atoms with Crippen molar-refractivity contribution < 1.29 is 4.74 Å². The summed E-state index contributed by atoms with van der Waals surface area (Å²) in [7, 11) is 1.66. The average molecular weight is 526 g/mol. The first-order chi connectivity index (χ1) is 19.6. The number of anilines is 2. The van der Waals surface area contributed by atoms with Crippen LogP contribution in [0.1, 0.15) is 28.6 Å². The summed E-state index contributed by atoms with van der Waals surface area (Å²) in [4.78, 5) is 17.4. The Morgan fingerprint density at radius 2 is 1.60 bits per heavy atom. The van der Waals surface area contributed by atoms with Crippen molar-refractivity contribution >= 4 is 34.6 Å². The number of benzene rings is 3. The SMILES string of the molecule is COc1ccc(NC2=Nc3ccccc3N3C2=Nc2c(c(C)nn2-c2ccc(C)cc2)[C@@H]3c2ccccn2)cc1. The molecular weight excluding hydrogens is 498 g/mol. The Bertz CT molecular complexity index is 1770. The maximum Gasteiger partial charge on any atom is 0.179 e. The molecule has 40 heavy (non-hydrogen) atoms. The van der Waals surface area contributed by atoms with Crippen molar-refractivity contribution in [3.63, 3.8) is 0 Å². The fourth-order valence-electron chi connectivity index (χ4n) is 5.29. The van der Waals surface area contributed by atoms with Crippen LogP contribution in [0, 0.1) is 13.8 Å². The number of fused-ring (bicyclic) bond motifs is 4. The number of aromatic nitrogens is 3. The zero-order valence-electron chi connectivity index (χ0n) is 22.4. The topological polar surface area (TPSA) is 79.9 Å². The smallest absolute Gasteiger partial charge is 0.179 e. The van der Waals surface area contributed by atoms with Gasteiger partial charge in [0.2, 0.25) is 0 Å². The molecule has 0 spiro atoms. The fraction of sp³-hybridized carbons (Fsp3) is 0.125. The summed E-state index contributed by atoms with van der Waals surface area (Å²) in [5, 5.41) is 8.51. The predicted octanol–water partition coefficient (Wildman–Crippen LogP) is 6.69. The molecule has 0 radical (unpaired) electrons. The van der Waals surface area contributed by atoms with Crippen LogP contribution in [0.5, 0.6) is 5.75 Å². The lowest BCUT2D eigenvalue weighted by molar-refractivity contribution is 0.415. The van der Waals surface area contributed by atoms with Gasteiger partial charge in [-0.15, -0.1) is 0 Å². The third-order valence-electron chi connectivity index (χ3n) is 7.24. The Morgan fingerprint density at radius 3 is 2.35 bits per heavy atom. The molecule has 4 heterocycles. The number of para-hydroxylation sites is 2. The number of hydrogen-bond donors (Lipinski definition) is 1. The van der Waals surface area contributed by atoms with Gasteiger partial charge in [0.25, 0.3) is 0 Å². The Labute approximate surface area is 232 Å². The van der Waals surface area contributed by atoms with Crippen LogP contribution < -0.4 is 15.0 Å². The van der Waals surface area contributed by atoms with Gasteiger partial charge in [-0.05, 0) is 74.5 Å². The number of amidine groups is 2. The van der Waals surface area contributed by atoms with Crippen LogP contribution in [-0.2, 0) is 0 Å². The average Bonchev–Trinajstić information content (AvgIpc) is 3.33. The van der Waals surface area contributed by atoms with Crippen LogP contribution in [0.2, 0.25) is 0 Å². The van der Waals surface area contributed by atoms with Crippen LogP contribution in [-0.4, -0.2) is 33.5 Å². The fourth-order valence-corrected chi connectivity index (χ4v) is 5.29. The zero-order chi connectivity index (χ0) is 27.2. The minimum absolute atomic E-state index is 0.257. The molecule has 0 saturated heterocycles. The molecule has 5 aromatic rings. The maximum atomic E-state index is 5.35. The molecule has 196 valence electrons. The van der Waals surface area contributed by atoms with Gasteiger partial charge in [0.05, 0.1) is 35.6 Å². The number of pyridine rings is 1. The molecule has 8 heteroatoms. The molecule has 8 nitrogen and oxygen atoms in total. The van der Waals surface area contributed by atoms with Gasteiger partial charge in [0, 0.05) is 17.4 Å². The van der Waals surface area contributed by atoms with Crippen LogP contribution in [0.4, 0.5) is 22.9 Å². The third-order valence-corrected chi connectivity index (χ3v) is 7.24. The quantitative estimate of drug-likeness (QED) is 0.283. The number of methoxy groups -OCH3 is 1. The Morgan fingerprint density at radius 1 is 0.825 bits per heavy atom. The van der Waals surface area contributed by atoms with E-state index in [4.69, 9.17) is 24.8 Å². The van der Waals surface area contributed by atoms with Crippen molar-refractivity contribution in [1.29, 1.82) is 0 Å². The molecule has 0 unspecified atom stereocenters. The van der Waals surface area contributed by atoms with Crippen molar-refractivity contribution in [2.75, 3.05) is 17.3 Å². The van der Waals surface area contributed by atoms with Crippen LogP contribution in [0.25, 0.3) is 5.69 Å². The maximum absolute atomic E-state index is 5.35. The molecule has 2 aliphatic heterocycles. The second-order valence-corrected chi connectivity index (χ2v) is 9.84. The molecule has 0 fully saturated rings. The Balaban J connectivity index is 1.47. The molecule has 0 aliphatic carbocycles. The highest BCUT2D eigenvalue weighted by Gasteiger charge is 2.42. The van der Waals surface area contributed by atoms with Crippen LogP contribution in [0.15, 0.2) is 107 Å². The lowest BCUT2D eigenvalue weighted by Gasteiger charge is -2.40. The van der Waals surface area contributed by atoms with E-state index in [0.717, 1.165) is 51.3 Å². The van der Waals surface area contributed by atoms with Crippen molar-refractivity contribution in [3.8, 4) is 11.4 Å². The van der Waals surface area contributed by atoms with Gasteiger partial charge in [-0.2, -0.15) is 5.10 Å². The van der Waals surface area contributed by atoms with Crippen molar-refractivity contribution in [1.82, 2.24) is 14.8 Å². The molecule has 1 atom stereocenters. The lowest BCUT2D eigenvalue weighted by atomic mass is 9.96. The van der Waals surface area contributed by atoms with Crippen LogP contribution >= 0.6 is 0 Å². The highest BCUT2D eigenvalue weighted by molar-refractivity contribution is 6.51. The summed E-state index contributed by atoms with van der Waals surface area (Å²) in [5.74, 6) is 2.90. The van der Waals surface area contributed by atoms with Gasteiger partial charge in [0.1, 0.15) is 11.8 Å². The number of ether oxygens (including phenoxy) is 1. The first-order valence-corrected chi connectivity index (χ1v) is 13.2. The Hall–Kier alpha value is -5.24. The van der Waals surface area contributed by atoms with Crippen molar-refractivity contribution in [2.45, 2.75) is 19.9 Å². The molecule has 3 aromatic carbocycles. The van der Waals surface area contributed by atoms with E-state index in [1.165, 1.54) is 5.56 Å². The zero-order valence-corrected chi connectivity index (χ0v) is 22.4. The van der Waals surface area contributed by atoms with E-state index in [0.29, 0.717) is 11.7 Å². The number of aryl methyl sites for hydroxylation is 2. The summed E-state index contributed by atoms with van der Waals surface area (Å²) in [6.45, 7) is 4.12. The van der Waals surface area contributed by atoms with E-state index in [2.05, 4.69) is 53.5 Å². The van der Waals surface area contributed by atoms with E-state index >= 15 is 0 Å². The first-order valence-electron chi connectivity index (χ1n) is 13.2. The number of hydrogen-bond acceptors (Lipinski definition) is 7. The van der Waals surface area contributed by atoms with Crippen molar-refractivity contribution in [3.05, 3.63) is 120 Å². The largest absolute Gasteiger partial charge is 0.497 e. The van der Waals surface area contributed by atoms with Gasteiger partial charge < -0.3 is 15.0 Å². The van der Waals surface area contributed by atoms with E-state index in [1.807, 2.05) is 72.4 Å². The summed E-state index contributed by atoms with van der Waals surface area (Å²) in [6.07, 6.45) is 1.83. The predicted molar refractivity (Wildman–Crippen MR) is 159 cm³/mol. The monoisotopic (exact) mass is 525 g/mol. The molecule has 0 amide bonds. The molecule has 0 saturated carbocycles. The summed E-state index contributed by atoms with van der Waals surface area (Å²) >= 11 is 0. The van der Waals surface area contributed by atoms with Gasteiger partial charge >= 0.3 is 0 Å². The molecule has 1 N–H and O–H groups in total. The normalized spacial score (nSPS) is 15.4. The minimum Gasteiger partial charge on any atom is -0.497 e. The lowest BCUT2D eigenvalue weighted by Crippen LogP contribution is -2.46. The van der Waals surface area contributed by atoms with Gasteiger partial charge in [-0.3, -0.25) is 4.98 Å². The molecule has 0 bridgehead atoms. The summed E-state index contributed by atoms with van der Waals surface area (Å²) < 4.78 is 7.28. The van der Waals surface area contributed by atoms with E-state index in [-0.39, 0.29) is 6.04 Å². The molecule has 2 aliphatic rings. The second-order valence-electron chi connectivity index (χ2n) is 9.84. The van der Waals surface area contributed by atoms with Crippen molar-refractivity contribution in [2.24, 2.45) is 9.98 Å². The van der Waals surface area contributed by atoms with E-state index < -0.39 is 0 Å². The van der Waals surface area contributed by atoms with Gasteiger partial charge in [0.15, 0.2) is 17.5 Å². The summed E-state index contributed by atoms with van der Waals surface area (Å²) in [5.41, 5.74) is 7.66. The summed E-state index contributed by atoms with van der Waals surface area (Å²) in [6, 6.07) is 30.0. The number of aliphatic imine (C=N–C) groups is 2. The standard InChI is InChI=1S/C32H27N7O/c1-20-11-15-23(16-12-20)39-31-28(21(2)37-39)29(26-9-6-7-19-33-26)38-27-10-5-4-8-25(27)35-30(32(38)36-31)34-22-13-17-24(40-3)18-14-22/h4-19,29H,1-3H3,(H,34,35)/t29-/m0/s1. The highest BCUT2D eigenvalue weighted by atomic mass is 16.5. The Kier molecular flexibility index (Phi) is 5.66. The van der Waals surface area contributed by atoms with Gasteiger partial charge in [-0.1, -0.05) is 35.9 Å². The second kappa shape index (κ2) is 9.50. The highest BCUT2D eigenvalue weighted by Crippen LogP contribution is 2.47. The van der Waals surface area contributed by atoms with E-state index in [1.54, 1.807) is 7.11 Å². The van der Waals surface area contributed by atoms with E-state index in [9.17, 15) is 0 Å². The number of rotatable bonds is 4. The minimum atomic E-state index is -0.257. The van der Waals surface area contributed by atoms with Gasteiger partial charge in [-0.25, -0.2) is 14.7 Å². The third kappa shape index (κ3) is 3.92. The van der Waals surface area contributed by atoms with Crippen LogP contribution in [0.3, 0.4) is 0 Å². The molecular formula is C32H27N7O. The molecule has 2 aromatic heterocycles. The number of nitrogens with one attached hydrogen (secondary N) is 1.